The molecule has 0 heteroatoms. The molecule has 0 spiro atoms. The number of allylic oxidation sites excluding steroid dienone is 2. The Morgan fingerprint density at radius 1 is 1.00 bits per heavy atom. The first kappa shape index (κ1) is 9.21. The Bertz CT molecular complexity index is 361. The molecule has 0 N–H and O–H groups in total. The molecule has 1 fully saturated rings. The van der Waals surface area contributed by atoms with E-state index in [1.807, 2.05) is 0 Å². The quantitative estimate of drug-likeness (QED) is 0.590. The van der Waals surface area contributed by atoms with Gasteiger partial charge in [-0.3, -0.25) is 0 Å². The van der Waals surface area contributed by atoms with Crippen LogP contribution in [0.2, 0.25) is 0 Å². The normalized spacial score (nSPS) is 29.7. The summed E-state index contributed by atoms with van der Waals surface area (Å²) in [6, 6.07) is 11.0. The largest absolute Gasteiger partial charge is 0.0775 e. The summed E-state index contributed by atoms with van der Waals surface area (Å²) in [6.45, 7) is 0. The van der Waals surface area contributed by atoms with Crippen molar-refractivity contribution in [2.24, 2.45) is 5.92 Å². The fourth-order valence-corrected chi connectivity index (χ4v) is 3.16. The molecule has 0 amide bonds. The van der Waals surface area contributed by atoms with Crippen molar-refractivity contribution in [3.05, 3.63) is 47.5 Å². The summed E-state index contributed by atoms with van der Waals surface area (Å²) in [7, 11) is 0. The minimum atomic E-state index is 0.712. The van der Waals surface area contributed by atoms with Crippen LogP contribution in [-0.4, -0.2) is 0 Å². The predicted octanol–water partition coefficient (Wildman–Crippen LogP) is 4.29. The lowest BCUT2D eigenvalue weighted by Gasteiger charge is -2.20. The third kappa shape index (κ3) is 1.73. The van der Waals surface area contributed by atoms with Crippen LogP contribution in [0.4, 0.5) is 0 Å². The minimum absolute atomic E-state index is 0.712. The highest BCUT2D eigenvalue weighted by molar-refractivity contribution is 5.31. The highest BCUT2D eigenvalue weighted by Gasteiger charge is 2.28. The van der Waals surface area contributed by atoms with Gasteiger partial charge in [0.1, 0.15) is 0 Å². The molecule has 0 nitrogen and oxygen atoms in total. The lowest BCUT2D eigenvalue weighted by atomic mass is 9.85. The van der Waals surface area contributed by atoms with Crippen LogP contribution in [-0.2, 0) is 0 Å². The molecule has 0 heterocycles. The van der Waals surface area contributed by atoms with E-state index >= 15 is 0 Å². The zero-order valence-corrected chi connectivity index (χ0v) is 9.15. The van der Waals surface area contributed by atoms with Gasteiger partial charge < -0.3 is 0 Å². The maximum atomic E-state index is 2.55. The fourth-order valence-electron chi connectivity index (χ4n) is 3.16. The molecule has 15 heavy (non-hydrogen) atoms. The second-order valence-corrected chi connectivity index (χ2v) is 4.94. The summed E-state index contributed by atoms with van der Waals surface area (Å²) >= 11 is 0. The minimum Gasteiger partial charge on any atom is -0.0775 e. The van der Waals surface area contributed by atoms with Gasteiger partial charge in [0, 0.05) is 5.92 Å². The molecule has 2 atom stereocenters. The van der Waals surface area contributed by atoms with Gasteiger partial charge >= 0.3 is 0 Å². The molecule has 2 aliphatic rings. The van der Waals surface area contributed by atoms with Gasteiger partial charge in [-0.25, -0.2) is 0 Å². The van der Waals surface area contributed by atoms with Crippen molar-refractivity contribution in [2.45, 2.75) is 38.0 Å². The highest BCUT2D eigenvalue weighted by Crippen LogP contribution is 2.44. The first-order valence-electron chi connectivity index (χ1n) is 6.19. The number of rotatable bonds is 1. The van der Waals surface area contributed by atoms with E-state index in [-0.39, 0.29) is 0 Å². The van der Waals surface area contributed by atoms with E-state index in [2.05, 4.69) is 36.4 Å². The van der Waals surface area contributed by atoms with Gasteiger partial charge in [0.25, 0.3) is 0 Å². The predicted molar refractivity (Wildman–Crippen MR) is 63.8 cm³/mol. The van der Waals surface area contributed by atoms with Crippen molar-refractivity contribution in [2.75, 3.05) is 0 Å². The van der Waals surface area contributed by atoms with E-state index < -0.39 is 0 Å². The van der Waals surface area contributed by atoms with Gasteiger partial charge in [0.15, 0.2) is 0 Å². The van der Waals surface area contributed by atoms with Crippen LogP contribution in [0.3, 0.4) is 0 Å². The van der Waals surface area contributed by atoms with Gasteiger partial charge in [0.05, 0.1) is 0 Å². The second kappa shape index (κ2) is 3.84. The fraction of sp³-hybridized carbons (Fsp3) is 0.467. The number of benzene rings is 1. The third-order valence-corrected chi connectivity index (χ3v) is 3.97. The van der Waals surface area contributed by atoms with Gasteiger partial charge in [-0.05, 0) is 37.2 Å². The van der Waals surface area contributed by atoms with E-state index in [9.17, 15) is 0 Å². The van der Waals surface area contributed by atoms with Gasteiger partial charge in [0.2, 0.25) is 0 Å². The molecular formula is C15H18. The number of fused-ring (bicyclic) bond motifs is 1. The summed E-state index contributed by atoms with van der Waals surface area (Å²) in [5, 5.41) is 0. The van der Waals surface area contributed by atoms with Crippen molar-refractivity contribution in [1.82, 2.24) is 0 Å². The van der Waals surface area contributed by atoms with Crippen LogP contribution in [0.15, 0.2) is 42.0 Å². The van der Waals surface area contributed by atoms with Crippen molar-refractivity contribution in [1.29, 1.82) is 0 Å². The van der Waals surface area contributed by atoms with Crippen LogP contribution in [0.1, 0.15) is 43.6 Å². The van der Waals surface area contributed by atoms with Crippen molar-refractivity contribution in [3.63, 3.8) is 0 Å². The van der Waals surface area contributed by atoms with Gasteiger partial charge in [-0.2, -0.15) is 0 Å². The molecule has 3 rings (SSSR count). The highest BCUT2D eigenvalue weighted by atomic mass is 14.3. The molecule has 78 valence electrons. The van der Waals surface area contributed by atoms with Crippen LogP contribution in [0, 0.1) is 5.92 Å². The Labute approximate surface area is 92.0 Å². The standard InChI is InChI=1S/C15H18/c1-2-6-12(7-3-1)15-10-13-8-4-5-9-14(13)11-15/h1-3,6-7,10,14-15H,4-5,8-9,11H2/t14-,15-/m0/s1. The van der Waals surface area contributed by atoms with Gasteiger partial charge in [-0.1, -0.05) is 48.4 Å². The maximum Gasteiger partial charge on any atom is 0.00264 e. The molecule has 0 aromatic heterocycles. The van der Waals surface area contributed by atoms with Gasteiger partial charge in [-0.15, -0.1) is 0 Å². The lowest BCUT2D eigenvalue weighted by Crippen LogP contribution is -2.05. The van der Waals surface area contributed by atoms with E-state index in [0.717, 1.165) is 5.92 Å². The van der Waals surface area contributed by atoms with Crippen LogP contribution in [0.5, 0.6) is 0 Å². The zero-order chi connectivity index (χ0) is 10.1. The smallest absolute Gasteiger partial charge is 0.00264 e. The second-order valence-electron chi connectivity index (χ2n) is 4.94. The van der Waals surface area contributed by atoms with Crippen LogP contribution >= 0.6 is 0 Å². The topological polar surface area (TPSA) is 0 Å². The number of hydrogen-bond acceptors (Lipinski definition) is 0. The Kier molecular flexibility index (Phi) is 2.36. The third-order valence-electron chi connectivity index (χ3n) is 3.97. The van der Waals surface area contributed by atoms with Crippen molar-refractivity contribution >= 4 is 0 Å². The molecule has 0 bridgehead atoms. The maximum absolute atomic E-state index is 2.55. The molecule has 0 saturated heterocycles. The molecule has 0 aliphatic heterocycles. The van der Waals surface area contributed by atoms with E-state index in [1.54, 1.807) is 5.57 Å². The summed E-state index contributed by atoms with van der Waals surface area (Å²) < 4.78 is 0. The Hall–Kier alpha value is -1.04. The zero-order valence-electron chi connectivity index (χ0n) is 9.15. The van der Waals surface area contributed by atoms with Crippen molar-refractivity contribution in [3.8, 4) is 0 Å². The van der Waals surface area contributed by atoms with Crippen LogP contribution in [0.25, 0.3) is 0 Å². The Balaban J connectivity index is 1.83. The van der Waals surface area contributed by atoms with E-state index in [0.29, 0.717) is 5.92 Å². The number of hydrogen-bond donors (Lipinski definition) is 0. The average Bonchev–Trinajstić information content (AvgIpc) is 2.74. The summed E-state index contributed by atoms with van der Waals surface area (Å²) in [5.74, 6) is 1.63. The van der Waals surface area contributed by atoms with E-state index in [1.165, 1.54) is 37.7 Å². The monoisotopic (exact) mass is 198 g/mol. The summed E-state index contributed by atoms with van der Waals surface area (Å²) in [5.41, 5.74) is 3.27. The SMILES string of the molecule is C1=C2CCCC[C@H]2C[C@H]1c1ccccc1. The Morgan fingerprint density at radius 2 is 1.87 bits per heavy atom. The van der Waals surface area contributed by atoms with Crippen LogP contribution < -0.4 is 0 Å². The van der Waals surface area contributed by atoms with Crippen molar-refractivity contribution < 1.29 is 0 Å². The first-order valence-corrected chi connectivity index (χ1v) is 6.19. The molecule has 1 aromatic carbocycles. The average molecular weight is 198 g/mol. The summed E-state index contributed by atoms with van der Waals surface area (Å²) in [6.07, 6.45) is 9.61. The molecule has 1 aromatic rings. The lowest BCUT2D eigenvalue weighted by molar-refractivity contribution is 0.446. The molecular weight excluding hydrogens is 180 g/mol. The molecule has 2 aliphatic carbocycles. The molecule has 0 radical (unpaired) electrons. The molecule has 1 saturated carbocycles. The Morgan fingerprint density at radius 3 is 2.67 bits per heavy atom. The summed E-state index contributed by atoms with van der Waals surface area (Å²) in [4.78, 5) is 0. The molecule has 0 unspecified atom stereocenters. The van der Waals surface area contributed by atoms with E-state index in [4.69, 9.17) is 0 Å². The first-order chi connectivity index (χ1) is 7.43.